The Morgan fingerprint density at radius 2 is 1.84 bits per heavy atom. The lowest BCUT2D eigenvalue weighted by molar-refractivity contribution is 0.0448. The summed E-state index contributed by atoms with van der Waals surface area (Å²) in [6, 6.07) is 13.3. The molecule has 1 aliphatic rings. The molecule has 6 heteroatoms. The van der Waals surface area contributed by atoms with Gasteiger partial charge in [0.2, 0.25) is 0 Å². The van der Waals surface area contributed by atoms with Crippen molar-refractivity contribution in [3.63, 3.8) is 0 Å². The third-order valence-corrected chi connectivity index (χ3v) is 5.18. The van der Waals surface area contributed by atoms with Gasteiger partial charge in [-0.05, 0) is 35.7 Å². The summed E-state index contributed by atoms with van der Waals surface area (Å²) >= 11 is 1.81. The number of thiophene rings is 1. The standard InChI is InChI=1S/C19H23N3O2S/c20-12-16-3-5-18(6-4-16)24-15-17(23)13-21-7-9-22(10-8-21)14-19-2-1-11-25-19/h1-6,11,17,23H,7-10,13-15H2. The minimum atomic E-state index is -0.514. The summed E-state index contributed by atoms with van der Waals surface area (Å²) in [5.41, 5.74) is 0.605. The summed E-state index contributed by atoms with van der Waals surface area (Å²) in [5.74, 6) is 0.679. The lowest BCUT2D eigenvalue weighted by atomic mass is 10.2. The largest absolute Gasteiger partial charge is 0.491 e. The fourth-order valence-corrected chi connectivity index (χ4v) is 3.67. The van der Waals surface area contributed by atoms with E-state index in [0.717, 1.165) is 32.7 Å². The summed E-state index contributed by atoms with van der Waals surface area (Å²) in [7, 11) is 0. The number of β-amino-alcohol motifs (C(OH)–C–C–N with tert-alkyl or cyclic N) is 1. The number of rotatable bonds is 7. The molecule has 1 atom stereocenters. The predicted molar refractivity (Wildman–Crippen MR) is 98.7 cm³/mol. The van der Waals surface area contributed by atoms with Crippen molar-refractivity contribution >= 4 is 11.3 Å². The first-order valence-electron chi connectivity index (χ1n) is 8.51. The van der Waals surface area contributed by atoms with Crippen LogP contribution < -0.4 is 4.74 Å². The van der Waals surface area contributed by atoms with Gasteiger partial charge in [0.05, 0.1) is 11.6 Å². The second-order valence-electron chi connectivity index (χ2n) is 6.26. The first-order valence-corrected chi connectivity index (χ1v) is 9.39. The molecule has 0 bridgehead atoms. The Hall–Kier alpha value is -1.91. The summed E-state index contributed by atoms with van der Waals surface area (Å²) in [6.45, 7) is 5.92. The Morgan fingerprint density at radius 3 is 2.48 bits per heavy atom. The zero-order valence-corrected chi connectivity index (χ0v) is 15.0. The number of benzene rings is 1. The minimum Gasteiger partial charge on any atom is -0.491 e. The summed E-state index contributed by atoms with van der Waals surface area (Å²) in [6.07, 6.45) is -0.514. The number of nitrogens with zero attached hydrogens (tertiary/aromatic N) is 3. The molecule has 0 saturated carbocycles. The first kappa shape index (κ1) is 17.9. The molecule has 1 unspecified atom stereocenters. The third-order valence-electron chi connectivity index (χ3n) is 4.32. The molecule has 2 heterocycles. The second kappa shape index (κ2) is 8.97. The van der Waals surface area contributed by atoms with E-state index >= 15 is 0 Å². The number of aliphatic hydroxyl groups is 1. The van der Waals surface area contributed by atoms with Gasteiger partial charge in [0.15, 0.2) is 0 Å². The topological polar surface area (TPSA) is 59.7 Å². The van der Waals surface area contributed by atoms with Gasteiger partial charge in [-0.3, -0.25) is 9.80 Å². The number of nitriles is 1. The van der Waals surface area contributed by atoms with Crippen molar-refractivity contribution in [3.05, 3.63) is 52.2 Å². The molecule has 1 aromatic carbocycles. The summed E-state index contributed by atoms with van der Waals surface area (Å²) in [5, 5.41) is 21.1. The minimum absolute atomic E-state index is 0.265. The molecule has 0 aliphatic carbocycles. The maximum Gasteiger partial charge on any atom is 0.119 e. The second-order valence-corrected chi connectivity index (χ2v) is 7.29. The van der Waals surface area contributed by atoms with E-state index in [4.69, 9.17) is 10.00 Å². The molecule has 0 spiro atoms. The molecule has 2 aromatic rings. The van der Waals surface area contributed by atoms with Crippen molar-refractivity contribution in [2.75, 3.05) is 39.3 Å². The molecule has 132 valence electrons. The molecule has 3 rings (SSSR count). The first-order chi connectivity index (χ1) is 12.2. The Morgan fingerprint density at radius 1 is 1.12 bits per heavy atom. The highest BCUT2D eigenvalue weighted by Crippen LogP contribution is 2.14. The van der Waals surface area contributed by atoms with E-state index in [2.05, 4.69) is 33.4 Å². The van der Waals surface area contributed by atoms with E-state index < -0.39 is 6.10 Å². The van der Waals surface area contributed by atoms with E-state index in [-0.39, 0.29) is 6.61 Å². The maximum atomic E-state index is 10.2. The number of ether oxygens (including phenoxy) is 1. The molecule has 1 N–H and O–H groups in total. The van der Waals surface area contributed by atoms with Crippen molar-refractivity contribution in [2.45, 2.75) is 12.6 Å². The van der Waals surface area contributed by atoms with E-state index in [1.165, 1.54) is 4.88 Å². The summed E-state index contributed by atoms with van der Waals surface area (Å²) in [4.78, 5) is 6.16. The van der Waals surface area contributed by atoms with Gasteiger partial charge >= 0.3 is 0 Å². The number of aliphatic hydroxyl groups excluding tert-OH is 1. The fourth-order valence-electron chi connectivity index (χ4n) is 2.92. The normalized spacial score (nSPS) is 17.1. The van der Waals surface area contributed by atoms with Gasteiger partial charge in [-0.15, -0.1) is 11.3 Å². The van der Waals surface area contributed by atoms with Crippen LogP contribution in [0.4, 0.5) is 0 Å². The number of hydrogen-bond donors (Lipinski definition) is 1. The van der Waals surface area contributed by atoms with E-state index in [1.54, 1.807) is 35.6 Å². The summed E-state index contributed by atoms with van der Waals surface area (Å²) < 4.78 is 5.60. The molecule has 5 nitrogen and oxygen atoms in total. The van der Waals surface area contributed by atoms with Crippen LogP contribution in [0.15, 0.2) is 41.8 Å². The molecule has 0 radical (unpaired) electrons. The van der Waals surface area contributed by atoms with Crippen LogP contribution in [-0.4, -0.2) is 60.3 Å². The van der Waals surface area contributed by atoms with Crippen LogP contribution >= 0.6 is 11.3 Å². The van der Waals surface area contributed by atoms with Crippen molar-refractivity contribution in [1.29, 1.82) is 5.26 Å². The molecule has 1 aromatic heterocycles. The van der Waals surface area contributed by atoms with Gasteiger partial charge in [0.1, 0.15) is 18.5 Å². The maximum absolute atomic E-state index is 10.2. The van der Waals surface area contributed by atoms with Gasteiger partial charge in [0, 0.05) is 44.1 Å². The Kier molecular flexibility index (Phi) is 6.42. The van der Waals surface area contributed by atoms with Crippen LogP contribution in [0.3, 0.4) is 0 Å². The molecular weight excluding hydrogens is 334 g/mol. The molecule has 1 fully saturated rings. The quantitative estimate of drug-likeness (QED) is 0.823. The van der Waals surface area contributed by atoms with Gasteiger partial charge in [-0.1, -0.05) is 6.07 Å². The van der Waals surface area contributed by atoms with Crippen LogP contribution in [0.25, 0.3) is 0 Å². The van der Waals surface area contributed by atoms with Crippen molar-refractivity contribution in [3.8, 4) is 11.8 Å². The monoisotopic (exact) mass is 357 g/mol. The van der Waals surface area contributed by atoms with E-state index in [9.17, 15) is 5.11 Å². The smallest absolute Gasteiger partial charge is 0.119 e. The van der Waals surface area contributed by atoms with E-state index in [1.807, 2.05) is 0 Å². The van der Waals surface area contributed by atoms with Crippen molar-refractivity contribution < 1.29 is 9.84 Å². The van der Waals surface area contributed by atoms with Crippen molar-refractivity contribution in [1.82, 2.24) is 9.80 Å². The Bertz CT molecular complexity index is 674. The Labute approximate surface area is 152 Å². The van der Waals surface area contributed by atoms with Gasteiger partial charge in [0.25, 0.3) is 0 Å². The fraction of sp³-hybridized carbons (Fsp3) is 0.421. The molecule has 25 heavy (non-hydrogen) atoms. The van der Waals surface area contributed by atoms with Gasteiger partial charge < -0.3 is 9.84 Å². The highest BCUT2D eigenvalue weighted by atomic mass is 32.1. The average molecular weight is 357 g/mol. The molecule has 1 aliphatic heterocycles. The highest BCUT2D eigenvalue weighted by Gasteiger charge is 2.19. The van der Waals surface area contributed by atoms with Crippen molar-refractivity contribution in [2.24, 2.45) is 0 Å². The molecule has 1 saturated heterocycles. The number of hydrogen-bond acceptors (Lipinski definition) is 6. The predicted octanol–water partition coefficient (Wildman–Crippen LogP) is 2.18. The molecule has 0 amide bonds. The average Bonchev–Trinajstić information content (AvgIpc) is 3.15. The third kappa shape index (κ3) is 5.55. The lowest BCUT2D eigenvalue weighted by Crippen LogP contribution is -2.48. The van der Waals surface area contributed by atoms with Gasteiger partial charge in [-0.2, -0.15) is 5.26 Å². The van der Waals surface area contributed by atoms with Crippen LogP contribution in [0.1, 0.15) is 10.4 Å². The van der Waals surface area contributed by atoms with Crippen LogP contribution in [0.5, 0.6) is 5.75 Å². The van der Waals surface area contributed by atoms with Crippen LogP contribution in [0.2, 0.25) is 0 Å². The molecular formula is C19H23N3O2S. The number of piperazine rings is 1. The van der Waals surface area contributed by atoms with Gasteiger partial charge in [-0.25, -0.2) is 0 Å². The zero-order chi connectivity index (χ0) is 17.5. The Balaban J connectivity index is 1.35. The van der Waals surface area contributed by atoms with E-state index in [0.29, 0.717) is 17.9 Å². The van der Waals surface area contributed by atoms with Crippen LogP contribution in [0, 0.1) is 11.3 Å². The van der Waals surface area contributed by atoms with Crippen LogP contribution in [-0.2, 0) is 6.54 Å². The highest BCUT2D eigenvalue weighted by molar-refractivity contribution is 7.09. The SMILES string of the molecule is N#Cc1ccc(OCC(O)CN2CCN(Cc3cccs3)CC2)cc1. The zero-order valence-electron chi connectivity index (χ0n) is 14.2. The lowest BCUT2D eigenvalue weighted by Gasteiger charge is -2.35.